The molecule has 0 fully saturated rings. The zero-order chi connectivity index (χ0) is 14.1. The third-order valence-corrected chi connectivity index (χ3v) is 2.76. The van der Waals surface area contributed by atoms with Crippen molar-refractivity contribution in [2.24, 2.45) is 5.92 Å². The van der Waals surface area contributed by atoms with Crippen molar-refractivity contribution in [2.75, 3.05) is 26.3 Å². The molecule has 5 nitrogen and oxygen atoms in total. The quantitative estimate of drug-likeness (QED) is 0.589. The van der Waals surface area contributed by atoms with E-state index < -0.39 is 5.97 Å². The maximum atomic E-state index is 10.7. The van der Waals surface area contributed by atoms with Crippen LogP contribution in [0.4, 0.5) is 0 Å². The molecule has 0 bridgehead atoms. The summed E-state index contributed by atoms with van der Waals surface area (Å²) in [5.41, 5.74) is 0.253. The predicted octanol–water partition coefficient (Wildman–Crippen LogP) is 1.37. The van der Waals surface area contributed by atoms with E-state index in [1.54, 1.807) is 12.1 Å². The average molecular weight is 267 g/mol. The molecule has 1 aromatic carbocycles. The number of carboxylic acids is 1. The van der Waals surface area contributed by atoms with E-state index in [9.17, 15) is 4.79 Å². The fourth-order valence-corrected chi connectivity index (χ4v) is 1.61. The van der Waals surface area contributed by atoms with Crippen LogP contribution in [0, 0.1) is 5.92 Å². The zero-order valence-corrected chi connectivity index (χ0v) is 11.1. The fraction of sp³-hybridized carbons (Fsp3) is 0.500. The second-order valence-electron chi connectivity index (χ2n) is 4.50. The Morgan fingerprint density at radius 1 is 1.37 bits per heavy atom. The third-order valence-electron chi connectivity index (χ3n) is 2.76. The number of nitrogens with one attached hydrogen (secondary N) is 1. The van der Waals surface area contributed by atoms with E-state index in [1.807, 2.05) is 0 Å². The van der Waals surface area contributed by atoms with Gasteiger partial charge in [0.15, 0.2) is 0 Å². The van der Waals surface area contributed by atoms with Crippen LogP contribution in [-0.2, 0) is 0 Å². The topological polar surface area (TPSA) is 78.8 Å². The SMILES string of the molecule is CC(CCO)CNCCOc1ccc(C(=O)O)cc1. The first kappa shape index (κ1) is 15.5. The summed E-state index contributed by atoms with van der Waals surface area (Å²) in [6, 6.07) is 6.35. The van der Waals surface area contributed by atoms with E-state index in [0.717, 1.165) is 19.5 Å². The molecule has 5 heteroatoms. The Bertz CT molecular complexity index is 378. The third kappa shape index (κ3) is 6.22. The van der Waals surface area contributed by atoms with E-state index in [2.05, 4.69) is 12.2 Å². The molecule has 0 aliphatic carbocycles. The van der Waals surface area contributed by atoms with Gasteiger partial charge in [-0.2, -0.15) is 0 Å². The molecule has 0 saturated heterocycles. The molecule has 0 aliphatic rings. The van der Waals surface area contributed by atoms with E-state index in [0.29, 0.717) is 18.3 Å². The van der Waals surface area contributed by atoms with Crippen LogP contribution in [0.3, 0.4) is 0 Å². The number of ether oxygens (including phenoxy) is 1. The van der Waals surface area contributed by atoms with Crippen LogP contribution in [0.15, 0.2) is 24.3 Å². The highest BCUT2D eigenvalue weighted by atomic mass is 16.5. The van der Waals surface area contributed by atoms with Crippen LogP contribution < -0.4 is 10.1 Å². The summed E-state index contributed by atoms with van der Waals surface area (Å²) in [5, 5.41) is 20.7. The van der Waals surface area contributed by atoms with Crippen LogP contribution in [0.5, 0.6) is 5.75 Å². The van der Waals surface area contributed by atoms with Crippen LogP contribution in [-0.4, -0.2) is 42.5 Å². The molecule has 1 aromatic rings. The monoisotopic (exact) mass is 267 g/mol. The van der Waals surface area contributed by atoms with Crippen molar-refractivity contribution >= 4 is 5.97 Å². The number of aliphatic hydroxyl groups is 1. The van der Waals surface area contributed by atoms with Crippen LogP contribution >= 0.6 is 0 Å². The van der Waals surface area contributed by atoms with Gasteiger partial charge in [-0.25, -0.2) is 4.79 Å². The molecule has 1 unspecified atom stereocenters. The number of aliphatic hydroxyl groups excluding tert-OH is 1. The first-order valence-corrected chi connectivity index (χ1v) is 6.41. The van der Waals surface area contributed by atoms with Crippen molar-refractivity contribution < 1.29 is 19.7 Å². The fourth-order valence-electron chi connectivity index (χ4n) is 1.61. The number of hydrogen-bond acceptors (Lipinski definition) is 4. The van der Waals surface area contributed by atoms with Gasteiger partial charge in [0.1, 0.15) is 12.4 Å². The van der Waals surface area contributed by atoms with Crippen molar-refractivity contribution in [1.82, 2.24) is 5.32 Å². The molecular formula is C14H21NO4. The van der Waals surface area contributed by atoms with E-state index in [4.69, 9.17) is 14.9 Å². The highest BCUT2D eigenvalue weighted by molar-refractivity contribution is 5.87. The minimum absolute atomic E-state index is 0.218. The first-order valence-electron chi connectivity index (χ1n) is 6.41. The molecular weight excluding hydrogens is 246 g/mol. The Kier molecular flexibility index (Phi) is 6.92. The number of aromatic carboxylic acids is 1. The van der Waals surface area contributed by atoms with Gasteiger partial charge in [-0.05, 0) is 43.1 Å². The van der Waals surface area contributed by atoms with E-state index in [-0.39, 0.29) is 12.2 Å². The normalized spacial score (nSPS) is 12.1. The largest absolute Gasteiger partial charge is 0.492 e. The molecule has 0 aliphatic heterocycles. The number of rotatable bonds is 9. The molecule has 19 heavy (non-hydrogen) atoms. The Labute approximate surface area is 113 Å². The summed E-state index contributed by atoms with van der Waals surface area (Å²) in [5.74, 6) is 0.168. The van der Waals surface area contributed by atoms with Gasteiger partial charge in [-0.3, -0.25) is 0 Å². The second-order valence-corrected chi connectivity index (χ2v) is 4.50. The summed E-state index contributed by atoms with van der Waals surface area (Å²) in [4.78, 5) is 10.7. The summed E-state index contributed by atoms with van der Waals surface area (Å²) >= 11 is 0. The summed E-state index contributed by atoms with van der Waals surface area (Å²) in [7, 11) is 0. The van der Waals surface area contributed by atoms with Gasteiger partial charge in [0.2, 0.25) is 0 Å². The molecule has 0 saturated carbocycles. The highest BCUT2D eigenvalue weighted by Gasteiger charge is 2.02. The van der Waals surface area contributed by atoms with Crippen molar-refractivity contribution in [3.63, 3.8) is 0 Å². The van der Waals surface area contributed by atoms with E-state index >= 15 is 0 Å². The number of hydrogen-bond donors (Lipinski definition) is 3. The smallest absolute Gasteiger partial charge is 0.335 e. The number of carboxylic acid groups (broad SMARTS) is 1. The van der Waals surface area contributed by atoms with Crippen LogP contribution in [0.2, 0.25) is 0 Å². The minimum atomic E-state index is -0.939. The molecule has 0 radical (unpaired) electrons. The Balaban J connectivity index is 2.17. The molecule has 0 aromatic heterocycles. The van der Waals surface area contributed by atoms with Crippen LogP contribution in [0.1, 0.15) is 23.7 Å². The van der Waals surface area contributed by atoms with Crippen molar-refractivity contribution in [2.45, 2.75) is 13.3 Å². The number of carbonyl (C=O) groups is 1. The zero-order valence-electron chi connectivity index (χ0n) is 11.1. The van der Waals surface area contributed by atoms with Crippen molar-refractivity contribution in [3.8, 4) is 5.75 Å². The lowest BCUT2D eigenvalue weighted by atomic mass is 10.1. The molecule has 3 N–H and O–H groups in total. The second kappa shape index (κ2) is 8.50. The highest BCUT2D eigenvalue weighted by Crippen LogP contribution is 2.11. The van der Waals surface area contributed by atoms with Crippen LogP contribution in [0.25, 0.3) is 0 Å². The van der Waals surface area contributed by atoms with E-state index in [1.165, 1.54) is 12.1 Å². The van der Waals surface area contributed by atoms with Gasteiger partial charge in [0.05, 0.1) is 5.56 Å². The Morgan fingerprint density at radius 3 is 2.63 bits per heavy atom. The molecule has 106 valence electrons. The standard InChI is InChI=1S/C14H21NO4/c1-11(6-8-16)10-15-7-9-19-13-4-2-12(3-5-13)14(17)18/h2-5,11,15-16H,6-10H2,1H3,(H,17,18). The Hall–Kier alpha value is -1.59. The Morgan fingerprint density at radius 2 is 2.05 bits per heavy atom. The first-order chi connectivity index (χ1) is 9.13. The lowest BCUT2D eigenvalue weighted by Gasteiger charge is -2.11. The predicted molar refractivity (Wildman–Crippen MR) is 72.6 cm³/mol. The van der Waals surface area contributed by atoms with Crippen molar-refractivity contribution in [3.05, 3.63) is 29.8 Å². The molecule has 0 amide bonds. The van der Waals surface area contributed by atoms with Gasteiger partial charge in [-0.15, -0.1) is 0 Å². The lowest BCUT2D eigenvalue weighted by molar-refractivity contribution is 0.0697. The van der Waals surface area contributed by atoms with Gasteiger partial charge in [0, 0.05) is 13.2 Å². The summed E-state index contributed by atoms with van der Waals surface area (Å²) in [6.07, 6.45) is 0.796. The molecule has 0 spiro atoms. The summed E-state index contributed by atoms with van der Waals surface area (Å²) in [6.45, 7) is 4.39. The minimum Gasteiger partial charge on any atom is -0.492 e. The average Bonchev–Trinajstić information content (AvgIpc) is 2.39. The van der Waals surface area contributed by atoms with Gasteiger partial charge < -0.3 is 20.3 Å². The maximum Gasteiger partial charge on any atom is 0.335 e. The number of benzene rings is 1. The molecule has 1 atom stereocenters. The van der Waals surface area contributed by atoms with Gasteiger partial charge >= 0.3 is 5.97 Å². The van der Waals surface area contributed by atoms with Crippen molar-refractivity contribution in [1.29, 1.82) is 0 Å². The van der Waals surface area contributed by atoms with Gasteiger partial charge in [0.25, 0.3) is 0 Å². The maximum absolute atomic E-state index is 10.7. The molecule has 1 rings (SSSR count). The molecule has 0 heterocycles. The lowest BCUT2D eigenvalue weighted by Crippen LogP contribution is -2.26. The van der Waals surface area contributed by atoms with Gasteiger partial charge in [-0.1, -0.05) is 6.92 Å². The summed E-state index contributed by atoms with van der Waals surface area (Å²) < 4.78 is 5.48.